The zero-order valence-corrected chi connectivity index (χ0v) is 17.0. The second-order valence-corrected chi connectivity index (χ2v) is 7.90. The van der Waals surface area contributed by atoms with E-state index >= 15 is 0 Å². The molecule has 0 atom stereocenters. The fourth-order valence-corrected chi connectivity index (χ4v) is 3.75. The molecule has 0 spiro atoms. The van der Waals surface area contributed by atoms with Crippen LogP contribution in [0.15, 0.2) is 41.3 Å². The minimum absolute atomic E-state index is 0.0799. The molecule has 1 saturated carbocycles. The summed E-state index contributed by atoms with van der Waals surface area (Å²) in [6.45, 7) is 0.249. The van der Waals surface area contributed by atoms with Crippen LogP contribution < -0.4 is 15.9 Å². The fraction of sp³-hybridized carbons (Fsp3) is 0.381. The van der Waals surface area contributed by atoms with Crippen LogP contribution in [-0.4, -0.2) is 39.7 Å². The van der Waals surface area contributed by atoms with Crippen LogP contribution in [0.4, 0.5) is 19.0 Å². The highest BCUT2D eigenvalue weighted by molar-refractivity contribution is 5.97. The van der Waals surface area contributed by atoms with Gasteiger partial charge in [-0.3, -0.25) is 9.36 Å². The molecule has 2 aromatic heterocycles. The third-order valence-electron chi connectivity index (χ3n) is 5.91. The lowest BCUT2D eigenvalue weighted by molar-refractivity contribution is -0.196. The molecule has 164 valence electrons. The summed E-state index contributed by atoms with van der Waals surface area (Å²) in [5, 5.41) is 2.80. The first-order valence-electron chi connectivity index (χ1n) is 9.85. The maximum absolute atomic E-state index is 12.7. The van der Waals surface area contributed by atoms with Crippen molar-refractivity contribution in [1.82, 2.24) is 19.9 Å². The van der Waals surface area contributed by atoms with Crippen LogP contribution in [0.3, 0.4) is 0 Å². The number of aromatic amines is 1. The smallest absolute Gasteiger partial charge is 0.357 e. The molecule has 31 heavy (non-hydrogen) atoms. The number of benzene rings is 1. The maximum atomic E-state index is 12.7. The third kappa shape index (κ3) is 4.14. The molecule has 0 radical (unpaired) electrons. The van der Waals surface area contributed by atoms with Gasteiger partial charge in [-0.1, -0.05) is 6.07 Å². The zero-order valence-electron chi connectivity index (χ0n) is 17.0. The number of carbonyl (C=O) groups excluding carboxylic acids is 1. The summed E-state index contributed by atoms with van der Waals surface area (Å²) in [7, 11) is 3.39. The Labute approximate surface area is 175 Å². The summed E-state index contributed by atoms with van der Waals surface area (Å²) in [4.78, 5) is 32.9. The van der Waals surface area contributed by atoms with Gasteiger partial charge < -0.3 is 15.2 Å². The van der Waals surface area contributed by atoms with Gasteiger partial charge in [-0.2, -0.15) is 13.2 Å². The number of hydrogen-bond acceptors (Lipinski definition) is 4. The van der Waals surface area contributed by atoms with Gasteiger partial charge >= 0.3 is 11.9 Å². The van der Waals surface area contributed by atoms with Crippen LogP contribution in [0, 0.1) is 5.92 Å². The van der Waals surface area contributed by atoms with Crippen molar-refractivity contribution in [2.75, 3.05) is 11.9 Å². The van der Waals surface area contributed by atoms with Crippen LogP contribution in [0.25, 0.3) is 11.0 Å². The van der Waals surface area contributed by atoms with Crippen LogP contribution in [0.2, 0.25) is 0 Å². The molecule has 1 aliphatic rings. The van der Waals surface area contributed by atoms with Gasteiger partial charge in [0.15, 0.2) is 0 Å². The predicted octanol–water partition coefficient (Wildman–Crippen LogP) is 2.97. The van der Waals surface area contributed by atoms with Crippen LogP contribution in [-0.2, 0) is 13.6 Å². The van der Waals surface area contributed by atoms with Gasteiger partial charge in [-0.15, -0.1) is 0 Å². The Hall–Kier alpha value is -3.30. The standard InChI is InChI=1S/C21H22F3N5O2/c1-28(15-8-14(9-15)21(22,23)24)18-6-3-12(10-25-18)11-26-19(30)13-4-5-17-16(7-13)27-20(31)29(17)2/h3-7,10,14-15H,8-9,11H2,1-2H3,(H,26,30)(H,27,31). The van der Waals surface area contributed by atoms with Crippen molar-refractivity contribution in [3.8, 4) is 0 Å². The van der Waals surface area contributed by atoms with Crippen LogP contribution in [0.5, 0.6) is 0 Å². The van der Waals surface area contributed by atoms with E-state index in [4.69, 9.17) is 0 Å². The first-order chi connectivity index (χ1) is 14.6. The molecular weight excluding hydrogens is 411 g/mol. The topological polar surface area (TPSA) is 83.0 Å². The largest absolute Gasteiger partial charge is 0.391 e. The van der Waals surface area contributed by atoms with E-state index in [9.17, 15) is 22.8 Å². The Morgan fingerprint density at radius 3 is 2.68 bits per heavy atom. The Kier molecular flexibility index (Phi) is 5.24. The number of anilines is 1. The maximum Gasteiger partial charge on any atom is 0.391 e. The molecule has 0 aliphatic heterocycles. The fourth-order valence-electron chi connectivity index (χ4n) is 3.75. The quantitative estimate of drug-likeness (QED) is 0.648. The summed E-state index contributed by atoms with van der Waals surface area (Å²) in [5.74, 6) is -0.929. The van der Waals surface area contributed by atoms with Crippen molar-refractivity contribution in [2.45, 2.75) is 31.6 Å². The minimum Gasteiger partial charge on any atom is -0.357 e. The van der Waals surface area contributed by atoms with E-state index in [1.807, 2.05) is 0 Å². The Balaban J connectivity index is 1.34. The van der Waals surface area contributed by atoms with E-state index in [1.54, 1.807) is 55.5 Å². The number of rotatable bonds is 5. The number of H-pyrrole nitrogens is 1. The average molecular weight is 433 g/mol. The van der Waals surface area contributed by atoms with Crippen LogP contribution >= 0.6 is 0 Å². The lowest BCUT2D eigenvalue weighted by Gasteiger charge is -2.42. The number of aryl methyl sites for hydroxylation is 1. The Morgan fingerprint density at radius 1 is 1.29 bits per heavy atom. The Morgan fingerprint density at radius 2 is 2.03 bits per heavy atom. The number of fused-ring (bicyclic) bond motifs is 1. The molecule has 1 aliphatic carbocycles. The van der Waals surface area contributed by atoms with Crippen molar-refractivity contribution in [2.24, 2.45) is 13.0 Å². The number of nitrogens with zero attached hydrogens (tertiary/aromatic N) is 3. The second-order valence-electron chi connectivity index (χ2n) is 7.90. The first kappa shape index (κ1) is 21.0. The van der Waals surface area contributed by atoms with Gasteiger partial charge in [0.25, 0.3) is 5.91 Å². The zero-order chi connectivity index (χ0) is 22.3. The second kappa shape index (κ2) is 7.75. The van der Waals surface area contributed by atoms with E-state index in [-0.39, 0.29) is 37.0 Å². The molecule has 7 nitrogen and oxygen atoms in total. The van der Waals surface area contributed by atoms with Crippen molar-refractivity contribution in [3.63, 3.8) is 0 Å². The molecule has 3 aromatic rings. The lowest BCUT2D eigenvalue weighted by atomic mass is 9.79. The highest BCUT2D eigenvalue weighted by Crippen LogP contribution is 2.43. The van der Waals surface area contributed by atoms with Gasteiger partial charge in [0.2, 0.25) is 0 Å². The number of hydrogen-bond donors (Lipinski definition) is 2. The predicted molar refractivity (Wildman–Crippen MR) is 110 cm³/mol. The molecule has 4 rings (SSSR count). The van der Waals surface area contributed by atoms with Crippen LogP contribution in [0.1, 0.15) is 28.8 Å². The molecule has 2 heterocycles. The molecule has 1 amide bonds. The van der Waals surface area contributed by atoms with Gasteiger partial charge in [0, 0.05) is 38.4 Å². The average Bonchev–Trinajstić information content (AvgIpc) is 2.97. The van der Waals surface area contributed by atoms with Gasteiger partial charge in [-0.25, -0.2) is 9.78 Å². The number of halogens is 3. The number of carbonyl (C=O) groups is 1. The summed E-state index contributed by atoms with van der Waals surface area (Å²) >= 11 is 0. The van der Waals surface area contributed by atoms with E-state index in [2.05, 4.69) is 15.3 Å². The van der Waals surface area contributed by atoms with Crippen molar-refractivity contribution >= 4 is 22.8 Å². The van der Waals surface area contributed by atoms with Crippen molar-refractivity contribution in [1.29, 1.82) is 0 Å². The minimum atomic E-state index is -4.13. The third-order valence-corrected chi connectivity index (χ3v) is 5.91. The normalized spacial score (nSPS) is 18.6. The molecule has 0 saturated heterocycles. The Bertz CT molecular complexity index is 1160. The number of amides is 1. The molecule has 1 aromatic carbocycles. The molecule has 1 fully saturated rings. The summed E-state index contributed by atoms with van der Waals surface area (Å²) < 4.78 is 39.5. The molecule has 2 N–H and O–H groups in total. The number of nitrogens with one attached hydrogen (secondary N) is 2. The highest BCUT2D eigenvalue weighted by Gasteiger charge is 2.49. The molecule has 0 unspecified atom stereocenters. The van der Waals surface area contributed by atoms with Gasteiger partial charge in [0.05, 0.1) is 17.0 Å². The number of imidazole rings is 1. The lowest BCUT2D eigenvalue weighted by Crippen LogP contribution is -2.48. The monoisotopic (exact) mass is 433 g/mol. The van der Waals surface area contributed by atoms with Gasteiger partial charge in [0.1, 0.15) is 5.82 Å². The summed E-state index contributed by atoms with van der Waals surface area (Å²) in [6.07, 6.45) is -2.37. The van der Waals surface area contributed by atoms with E-state index < -0.39 is 12.1 Å². The summed E-state index contributed by atoms with van der Waals surface area (Å²) in [6, 6.07) is 8.32. The van der Waals surface area contributed by atoms with E-state index in [0.29, 0.717) is 22.4 Å². The molecular formula is C21H22F3N5O2. The number of aromatic nitrogens is 3. The number of pyridine rings is 1. The highest BCUT2D eigenvalue weighted by atomic mass is 19.4. The SMILES string of the molecule is CN(c1ccc(CNC(=O)c2ccc3c(c2)[nH]c(=O)n3C)cn1)C1CC(C(F)(F)F)C1. The van der Waals surface area contributed by atoms with Gasteiger partial charge in [-0.05, 0) is 42.7 Å². The van der Waals surface area contributed by atoms with E-state index in [1.165, 1.54) is 4.57 Å². The van der Waals surface area contributed by atoms with Crippen molar-refractivity contribution in [3.05, 3.63) is 58.1 Å². The molecule has 10 heteroatoms. The van der Waals surface area contributed by atoms with E-state index in [0.717, 1.165) is 5.56 Å². The van der Waals surface area contributed by atoms with Crippen molar-refractivity contribution < 1.29 is 18.0 Å². The summed E-state index contributed by atoms with van der Waals surface area (Å²) in [5.41, 5.74) is 2.22. The first-order valence-corrected chi connectivity index (χ1v) is 9.85. The number of alkyl halides is 3. The molecule has 0 bridgehead atoms.